The van der Waals surface area contributed by atoms with Crippen molar-refractivity contribution in [1.82, 2.24) is 0 Å². The van der Waals surface area contributed by atoms with Crippen molar-refractivity contribution in [2.24, 2.45) is 5.92 Å². The molecule has 1 heterocycles. The molecular formula is C20H24N2O3S. The summed E-state index contributed by atoms with van der Waals surface area (Å²) in [4.78, 5) is 12.5. The van der Waals surface area contributed by atoms with Crippen molar-refractivity contribution in [3.05, 3.63) is 59.7 Å². The Labute approximate surface area is 155 Å². The molecular weight excluding hydrogens is 348 g/mol. The van der Waals surface area contributed by atoms with E-state index in [9.17, 15) is 13.2 Å². The molecule has 1 aliphatic heterocycles. The molecule has 138 valence electrons. The number of benzene rings is 2. The highest BCUT2D eigenvalue weighted by molar-refractivity contribution is 7.93. The van der Waals surface area contributed by atoms with Crippen LogP contribution >= 0.6 is 0 Å². The molecule has 5 nitrogen and oxygen atoms in total. The molecule has 1 saturated heterocycles. The predicted molar refractivity (Wildman–Crippen MR) is 105 cm³/mol. The molecule has 0 aliphatic carbocycles. The lowest BCUT2D eigenvalue weighted by molar-refractivity contribution is -0.119. The van der Waals surface area contributed by atoms with Crippen LogP contribution in [0.5, 0.6) is 0 Å². The summed E-state index contributed by atoms with van der Waals surface area (Å²) < 4.78 is 25.7. The molecule has 0 bridgehead atoms. The Morgan fingerprint density at radius 2 is 1.92 bits per heavy atom. The number of rotatable bonds is 5. The van der Waals surface area contributed by atoms with Gasteiger partial charge in [0.15, 0.2) is 0 Å². The lowest BCUT2D eigenvalue weighted by atomic mass is 10.0. The number of aryl methyl sites for hydroxylation is 1. The third-order valence-corrected chi connectivity index (χ3v) is 6.52. The van der Waals surface area contributed by atoms with Crippen molar-refractivity contribution in [1.29, 1.82) is 0 Å². The van der Waals surface area contributed by atoms with Crippen molar-refractivity contribution in [3.8, 4) is 0 Å². The zero-order valence-electron chi connectivity index (χ0n) is 15.1. The van der Waals surface area contributed by atoms with Gasteiger partial charge in [0.1, 0.15) is 0 Å². The first-order chi connectivity index (χ1) is 12.4. The fraction of sp³-hybridized carbons (Fsp3) is 0.350. The minimum Gasteiger partial charge on any atom is -0.326 e. The van der Waals surface area contributed by atoms with Gasteiger partial charge < -0.3 is 5.32 Å². The van der Waals surface area contributed by atoms with Crippen LogP contribution in [0.3, 0.4) is 0 Å². The topological polar surface area (TPSA) is 66.5 Å². The van der Waals surface area contributed by atoms with E-state index >= 15 is 0 Å². The minimum absolute atomic E-state index is 0.0465. The molecule has 2 aromatic rings. The van der Waals surface area contributed by atoms with E-state index in [1.165, 1.54) is 4.31 Å². The van der Waals surface area contributed by atoms with Crippen LogP contribution in [0.15, 0.2) is 48.5 Å². The maximum Gasteiger partial charge on any atom is 0.235 e. The number of carbonyl (C=O) groups is 1. The Morgan fingerprint density at radius 3 is 2.54 bits per heavy atom. The van der Waals surface area contributed by atoms with E-state index in [2.05, 4.69) is 5.32 Å². The summed E-state index contributed by atoms with van der Waals surface area (Å²) in [5.74, 6) is -0.00629. The first kappa shape index (κ1) is 18.5. The molecule has 2 aromatic carbocycles. The second-order valence-corrected chi connectivity index (χ2v) is 8.84. The lowest BCUT2D eigenvalue weighted by Gasteiger charge is -2.20. The molecule has 1 unspecified atom stereocenters. The summed E-state index contributed by atoms with van der Waals surface area (Å²) >= 11 is 0. The summed E-state index contributed by atoms with van der Waals surface area (Å²) in [5, 5.41) is 2.93. The third kappa shape index (κ3) is 4.07. The molecule has 3 rings (SSSR count). The van der Waals surface area contributed by atoms with Gasteiger partial charge in [-0.05, 0) is 49.1 Å². The molecule has 0 saturated carbocycles. The van der Waals surface area contributed by atoms with Gasteiger partial charge in [-0.1, -0.05) is 37.3 Å². The van der Waals surface area contributed by atoms with Gasteiger partial charge in [0.2, 0.25) is 15.9 Å². The molecule has 1 N–H and O–H groups in total. The minimum atomic E-state index is -3.20. The van der Waals surface area contributed by atoms with Crippen LogP contribution in [0, 0.1) is 12.8 Å². The Hall–Kier alpha value is -2.34. The largest absolute Gasteiger partial charge is 0.326 e. The number of sulfonamides is 1. The van der Waals surface area contributed by atoms with E-state index in [1.54, 1.807) is 12.1 Å². The van der Waals surface area contributed by atoms with Crippen LogP contribution in [-0.2, 0) is 21.2 Å². The van der Waals surface area contributed by atoms with Gasteiger partial charge in [0, 0.05) is 18.2 Å². The van der Waals surface area contributed by atoms with Crippen LogP contribution in [0.1, 0.15) is 24.5 Å². The zero-order valence-corrected chi connectivity index (χ0v) is 15.9. The van der Waals surface area contributed by atoms with Gasteiger partial charge in [0.25, 0.3) is 0 Å². The van der Waals surface area contributed by atoms with Crippen molar-refractivity contribution in [2.45, 2.75) is 26.7 Å². The molecule has 0 aromatic heterocycles. The Balaban J connectivity index is 1.68. The summed E-state index contributed by atoms with van der Waals surface area (Å²) in [5.41, 5.74) is 3.34. The fourth-order valence-corrected chi connectivity index (χ4v) is 4.88. The molecule has 0 radical (unpaired) electrons. The highest BCUT2D eigenvalue weighted by Gasteiger charge is 2.29. The maximum absolute atomic E-state index is 12.5. The quantitative estimate of drug-likeness (QED) is 0.875. The first-order valence-corrected chi connectivity index (χ1v) is 10.4. The zero-order chi connectivity index (χ0) is 18.7. The van der Waals surface area contributed by atoms with E-state index in [1.807, 2.05) is 50.2 Å². The maximum atomic E-state index is 12.5. The van der Waals surface area contributed by atoms with Gasteiger partial charge in [-0.15, -0.1) is 0 Å². The van der Waals surface area contributed by atoms with E-state index in [0.29, 0.717) is 30.8 Å². The standard InChI is InChI=1S/C20H24N2O3S/c1-15-14-18(9-10-19(15)22-11-6-12-26(22,24)25)21-20(23)16(2)13-17-7-4-3-5-8-17/h3-5,7-10,14,16H,6,11-13H2,1-2H3,(H,21,23). The molecule has 0 spiro atoms. The second-order valence-electron chi connectivity index (χ2n) is 6.82. The van der Waals surface area contributed by atoms with E-state index in [-0.39, 0.29) is 17.6 Å². The summed E-state index contributed by atoms with van der Waals surface area (Å²) in [6, 6.07) is 15.3. The van der Waals surface area contributed by atoms with E-state index in [4.69, 9.17) is 0 Å². The normalized spacial score (nSPS) is 17.1. The number of carbonyl (C=O) groups excluding carboxylic acids is 1. The van der Waals surface area contributed by atoms with E-state index < -0.39 is 10.0 Å². The van der Waals surface area contributed by atoms with Gasteiger partial charge >= 0.3 is 0 Å². The van der Waals surface area contributed by atoms with Gasteiger partial charge in [0.05, 0.1) is 11.4 Å². The molecule has 1 fully saturated rings. The number of anilines is 2. The summed E-state index contributed by atoms with van der Waals surface area (Å²) in [6.07, 6.45) is 1.33. The van der Waals surface area contributed by atoms with Crippen molar-refractivity contribution >= 4 is 27.3 Å². The fourth-order valence-electron chi connectivity index (χ4n) is 3.25. The molecule has 1 atom stereocenters. The molecule has 1 amide bonds. The van der Waals surface area contributed by atoms with Crippen molar-refractivity contribution < 1.29 is 13.2 Å². The smallest absolute Gasteiger partial charge is 0.235 e. The first-order valence-electron chi connectivity index (χ1n) is 8.83. The van der Waals surface area contributed by atoms with Crippen LogP contribution < -0.4 is 9.62 Å². The van der Waals surface area contributed by atoms with Crippen LogP contribution in [0.25, 0.3) is 0 Å². The Kier molecular flexibility index (Phi) is 5.32. The van der Waals surface area contributed by atoms with Gasteiger partial charge in [-0.25, -0.2) is 8.42 Å². The SMILES string of the molecule is Cc1cc(NC(=O)C(C)Cc2ccccc2)ccc1N1CCCS1(=O)=O. The van der Waals surface area contributed by atoms with Crippen molar-refractivity contribution in [3.63, 3.8) is 0 Å². The average Bonchev–Trinajstić information content (AvgIpc) is 2.95. The van der Waals surface area contributed by atoms with Crippen molar-refractivity contribution in [2.75, 3.05) is 21.9 Å². The lowest BCUT2D eigenvalue weighted by Crippen LogP contribution is -2.26. The van der Waals surface area contributed by atoms with Crippen LogP contribution in [-0.4, -0.2) is 26.6 Å². The number of hydrogen-bond acceptors (Lipinski definition) is 3. The van der Waals surface area contributed by atoms with Crippen LogP contribution in [0.4, 0.5) is 11.4 Å². The predicted octanol–water partition coefficient (Wildman–Crippen LogP) is 3.35. The average molecular weight is 372 g/mol. The number of nitrogens with zero attached hydrogens (tertiary/aromatic N) is 1. The number of nitrogens with one attached hydrogen (secondary N) is 1. The van der Waals surface area contributed by atoms with Gasteiger partial charge in [-0.2, -0.15) is 0 Å². The molecule has 6 heteroatoms. The molecule has 26 heavy (non-hydrogen) atoms. The third-order valence-electron chi connectivity index (χ3n) is 4.66. The Morgan fingerprint density at radius 1 is 1.19 bits per heavy atom. The monoisotopic (exact) mass is 372 g/mol. The Bertz CT molecular complexity index is 895. The molecule has 1 aliphatic rings. The van der Waals surface area contributed by atoms with Gasteiger partial charge in [-0.3, -0.25) is 9.10 Å². The summed E-state index contributed by atoms with van der Waals surface area (Å²) in [6.45, 7) is 4.29. The summed E-state index contributed by atoms with van der Waals surface area (Å²) in [7, 11) is -3.20. The van der Waals surface area contributed by atoms with Crippen LogP contribution in [0.2, 0.25) is 0 Å². The second kappa shape index (κ2) is 7.50. The number of amides is 1. The highest BCUT2D eigenvalue weighted by atomic mass is 32.2. The van der Waals surface area contributed by atoms with E-state index in [0.717, 1.165) is 11.1 Å². The number of hydrogen-bond donors (Lipinski definition) is 1. The highest BCUT2D eigenvalue weighted by Crippen LogP contribution is 2.29.